The molecule has 1 aliphatic rings. The molecule has 0 spiro atoms. The second-order valence-corrected chi connectivity index (χ2v) is 5.73. The third-order valence-corrected chi connectivity index (χ3v) is 4.30. The topological polar surface area (TPSA) is 85.4 Å². The summed E-state index contributed by atoms with van der Waals surface area (Å²) in [6, 6.07) is -0.0162. The van der Waals surface area contributed by atoms with Crippen molar-refractivity contribution in [3.8, 4) is 11.6 Å². The molecule has 1 aliphatic carbocycles. The summed E-state index contributed by atoms with van der Waals surface area (Å²) < 4.78 is 7.40. The van der Waals surface area contributed by atoms with Crippen LogP contribution in [-0.2, 0) is 12.8 Å². The highest BCUT2D eigenvalue weighted by molar-refractivity contribution is 5.54. The predicted molar refractivity (Wildman–Crippen MR) is 79.2 cm³/mol. The van der Waals surface area contributed by atoms with Crippen molar-refractivity contribution in [2.45, 2.75) is 45.1 Å². The maximum atomic E-state index is 5.46. The number of aryl methyl sites for hydroxylation is 1. The minimum atomic E-state index is -0.0162. The molecule has 114 valence electrons. The normalized spacial score (nSPS) is 16.2. The van der Waals surface area contributed by atoms with Crippen molar-refractivity contribution in [1.29, 1.82) is 0 Å². The van der Waals surface area contributed by atoms with E-state index in [0.717, 1.165) is 18.5 Å². The fourth-order valence-electron chi connectivity index (χ4n) is 2.97. The van der Waals surface area contributed by atoms with Gasteiger partial charge in [-0.3, -0.25) is 5.10 Å². The van der Waals surface area contributed by atoms with E-state index in [1.165, 1.54) is 30.5 Å². The quantitative estimate of drug-likeness (QED) is 0.751. The summed E-state index contributed by atoms with van der Waals surface area (Å²) in [5, 5.41) is 11.7. The molecule has 7 heteroatoms. The highest BCUT2D eigenvalue weighted by Gasteiger charge is 2.23. The van der Waals surface area contributed by atoms with Gasteiger partial charge in [0, 0.05) is 23.7 Å². The Hall–Kier alpha value is -2.44. The van der Waals surface area contributed by atoms with Crippen LogP contribution in [0.1, 0.15) is 49.3 Å². The number of hydrogen-bond donors (Lipinski definition) is 1. The maximum absolute atomic E-state index is 5.46. The number of nitrogens with zero attached hydrogens (tertiary/aromatic N) is 5. The molecule has 22 heavy (non-hydrogen) atoms. The van der Waals surface area contributed by atoms with Crippen LogP contribution in [0.5, 0.6) is 0 Å². The summed E-state index contributed by atoms with van der Waals surface area (Å²) in [6.07, 6.45) is 11.1. The number of aromatic amines is 1. The summed E-state index contributed by atoms with van der Waals surface area (Å²) in [6.45, 7) is 2.02. The molecule has 1 N–H and O–H groups in total. The average Bonchev–Trinajstić information content (AvgIpc) is 3.25. The average molecular weight is 298 g/mol. The van der Waals surface area contributed by atoms with Crippen molar-refractivity contribution < 1.29 is 4.52 Å². The molecule has 0 radical (unpaired) electrons. The van der Waals surface area contributed by atoms with Gasteiger partial charge in [-0.15, -0.1) is 0 Å². The van der Waals surface area contributed by atoms with Gasteiger partial charge >= 0.3 is 0 Å². The molecule has 3 heterocycles. The van der Waals surface area contributed by atoms with Gasteiger partial charge in [0.25, 0.3) is 5.89 Å². The summed E-state index contributed by atoms with van der Waals surface area (Å²) in [4.78, 5) is 8.59. The van der Waals surface area contributed by atoms with Crippen molar-refractivity contribution in [2.75, 3.05) is 0 Å². The van der Waals surface area contributed by atoms with Crippen molar-refractivity contribution in [3.05, 3.63) is 35.8 Å². The molecule has 0 aliphatic heterocycles. The van der Waals surface area contributed by atoms with Crippen LogP contribution < -0.4 is 0 Å². The minimum absolute atomic E-state index is 0.0162. The van der Waals surface area contributed by atoms with Crippen molar-refractivity contribution in [2.24, 2.45) is 0 Å². The van der Waals surface area contributed by atoms with Crippen molar-refractivity contribution in [1.82, 2.24) is 29.9 Å². The Balaban J connectivity index is 1.66. The van der Waals surface area contributed by atoms with Crippen LogP contribution >= 0.6 is 0 Å². The number of nitrogens with one attached hydrogen (secondary N) is 1. The van der Waals surface area contributed by atoms with E-state index < -0.39 is 0 Å². The molecule has 1 atom stereocenters. The van der Waals surface area contributed by atoms with E-state index in [-0.39, 0.29) is 6.04 Å². The van der Waals surface area contributed by atoms with E-state index in [1.54, 1.807) is 12.5 Å². The molecule has 0 aromatic carbocycles. The zero-order valence-electron chi connectivity index (χ0n) is 12.5. The molecule has 0 saturated carbocycles. The van der Waals surface area contributed by atoms with Gasteiger partial charge in [-0.25, -0.2) is 4.98 Å². The van der Waals surface area contributed by atoms with E-state index in [1.807, 2.05) is 17.7 Å². The lowest BCUT2D eigenvalue weighted by molar-refractivity contribution is 0.411. The first-order valence-corrected chi connectivity index (χ1v) is 7.70. The molecule has 3 aromatic rings. The molecule has 0 bridgehead atoms. The van der Waals surface area contributed by atoms with Crippen LogP contribution in [0.3, 0.4) is 0 Å². The fraction of sp³-hybridized carbons (Fsp3) is 0.467. The Morgan fingerprint density at radius 3 is 3.05 bits per heavy atom. The lowest BCUT2D eigenvalue weighted by Crippen LogP contribution is -2.06. The fourth-order valence-corrected chi connectivity index (χ4v) is 2.97. The van der Waals surface area contributed by atoms with E-state index in [2.05, 4.69) is 25.3 Å². The minimum Gasteiger partial charge on any atom is -0.332 e. The number of fused-ring (bicyclic) bond motifs is 1. The van der Waals surface area contributed by atoms with E-state index in [0.29, 0.717) is 11.7 Å². The SMILES string of the molecule is C[C@H](c1noc(-c2n[nH]c3c2CCCCC3)n1)n1ccnc1. The Labute approximate surface area is 127 Å². The van der Waals surface area contributed by atoms with E-state index in [4.69, 9.17) is 4.52 Å². The summed E-state index contributed by atoms with van der Waals surface area (Å²) in [5.41, 5.74) is 3.27. The number of aromatic nitrogens is 6. The highest BCUT2D eigenvalue weighted by Crippen LogP contribution is 2.28. The van der Waals surface area contributed by atoms with E-state index in [9.17, 15) is 0 Å². The van der Waals surface area contributed by atoms with Crippen molar-refractivity contribution in [3.63, 3.8) is 0 Å². The molecule has 0 amide bonds. The number of rotatable bonds is 3. The van der Waals surface area contributed by atoms with Gasteiger partial charge in [0.2, 0.25) is 0 Å². The largest absolute Gasteiger partial charge is 0.332 e. The first-order valence-electron chi connectivity index (χ1n) is 7.70. The van der Waals surface area contributed by atoms with Gasteiger partial charge in [0.15, 0.2) is 11.5 Å². The number of hydrogen-bond acceptors (Lipinski definition) is 5. The molecule has 3 aromatic heterocycles. The maximum Gasteiger partial charge on any atom is 0.278 e. The van der Waals surface area contributed by atoms with Crippen LogP contribution in [0.15, 0.2) is 23.2 Å². The van der Waals surface area contributed by atoms with Crippen LogP contribution in [-0.4, -0.2) is 29.9 Å². The zero-order chi connectivity index (χ0) is 14.9. The van der Waals surface area contributed by atoms with Gasteiger partial charge in [-0.2, -0.15) is 10.1 Å². The smallest absolute Gasteiger partial charge is 0.278 e. The molecule has 7 nitrogen and oxygen atoms in total. The Bertz CT molecular complexity index is 757. The Morgan fingerprint density at radius 1 is 1.27 bits per heavy atom. The summed E-state index contributed by atoms with van der Waals surface area (Å²) in [5.74, 6) is 1.14. The molecule has 0 fully saturated rings. The van der Waals surface area contributed by atoms with Crippen LogP contribution in [0.25, 0.3) is 11.6 Å². The third kappa shape index (κ3) is 2.22. The second kappa shape index (κ2) is 5.40. The van der Waals surface area contributed by atoms with Gasteiger partial charge in [0.05, 0.1) is 12.4 Å². The molecular weight excluding hydrogens is 280 g/mol. The monoisotopic (exact) mass is 298 g/mol. The molecule has 0 unspecified atom stereocenters. The lowest BCUT2D eigenvalue weighted by Gasteiger charge is -2.06. The highest BCUT2D eigenvalue weighted by atomic mass is 16.5. The second-order valence-electron chi connectivity index (χ2n) is 5.73. The van der Waals surface area contributed by atoms with Gasteiger partial charge < -0.3 is 9.09 Å². The number of H-pyrrole nitrogens is 1. The first-order chi connectivity index (χ1) is 10.8. The molecular formula is C15H18N6O. The first kappa shape index (κ1) is 13.2. The Kier molecular flexibility index (Phi) is 3.25. The van der Waals surface area contributed by atoms with Gasteiger partial charge in [-0.1, -0.05) is 11.6 Å². The van der Waals surface area contributed by atoms with Crippen LogP contribution in [0.4, 0.5) is 0 Å². The standard InChI is InChI=1S/C15H18N6O/c1-10(21-8-7-16-9-21)14-17-15(22-20-14)13-11-5-3-2-4-6-12(11)18-19-13/h7-10H,2-6H2,1H3,(H,18,19)/t10-/m1/s1. The lowest BCUT2D eigenvalue weighted by atomic mass is 10.1. The van der Waals surface area contributed by atoms with Gasteiger partial charge in [0.1, 0.15) is 0 Å². The molecule has 4 rings (SSSR count). The molecule has 0 saturated heterocycles. The number of imidazole rings is 1. The summed E-state index contributed by atoms with van der Waals surface area (Å²) >= 11 is 0. The predicted octanol–water partition coefficient (Wildman–Crippen LogP) is 2.53. The van der Waals surface area contributed by atoms with E-state index >= 15 is 0 Å². The van der Waals surface area contributed by atoms with Gasteiger partial charge in [-0.05, 0) is 32.6 Å². The summed E-state index contributed by atoms with van der Waals surface area (Å²) in [7, 11) is 0. The zero-order valence-corrected chi connectivity index (χ0v) is 12.5. The van der Waals surface area contributed by atoms with Crippen LogP contribution in [0.2, 0.25) is 0 Å². The van der Waals surface area contributed by atoms with Crippen molar-refractivity contribution >= 4 is 0 Å². The third-order valence-electron chi connectivity index (χ3n) is 4.30. The van der Waals surface area contributed by atoms with Crippen LogP contribution in [0, 0.1) is 0 Å². The Morgan fingerprint density at radius 2 is 2.18 bits per heavy atom.